The van der Waals surface area contributed by atoms with Crippen LogP contribution in [0.15, 0.2) is 91.0 Å². The molecule has 0 saturated carbocycles. The van der Waals surface area contributed by atoms with Crippen LogP contribution in [0.3, 0.4) is 0 Å². The van der Waals surface area contributed by atoms with Gasteiger partial charge in [0.15, 0.2) is 0 Å². The van der Waals surface area contributed by atoms with Crippen LogP contribution < -0.4 is 14.2 Å². The quantitative estimate of drug-likeness (QED) is 0.213. The molecule has 0 unspecified atom stereocenters. The summed E-state index contributed by atoms with van der Waals surface area (Å²) >= 11 is 3.97. The van der Waals surface area contributed by atoms with Crippen LogP contribution in [-0.2, 0) is 4.08 Å². The van der Waals surface area contributed by atoms with Gasteiger partial charge in [0.2, 0.25) is 0 Å². The van der Waals surface area contributed by atoms with Gasteiger partial charge in [-0.1, -0.05) is 66.5 Å². The van der Waals surface area contributed by atoms with Gasteiger partial charge in [-0.2, -0.15) is 0 Å². The van der Waals surface area contributed by atoms with Gasteiger partial charge in [-0.05, 0) is 76.6 Å². The summed E-state index contributed by atoms with van der Waals surface area (Å²) < 4.78 is 16.1. The molecule has 1 saturated heterocycles. The Morgan fingerprint density at radius 2 is 1.24 bits per heavy atom. The molecular formula is C33H30O3S2. The molecule has 0 aromatic heterocycles. The van der Waals surface area contributed by atoms with Crippen molar-refractivity contribution in [3.05, 3.63) is 108 Å². The van der Waals surface area contributed by atoms with Crippen LogP contribution in [0.4, 0.5) is 0 Å². The summed E-state index contributed by atoms with van der Waals surface area (Å²) in [4.78, 5) is 0. The molecule has 4 rings (SSSR count). The monoisotopic (exact) mass is 538 g/mol. The number of ether oxygens (including phenoxy) is 3. The number of hydrogen-bond acceptors (Lipinski definition) is 5. The largest absolute Gasteiger partial charge is 0.497 e. The van der Waals surface area contributed by atoms with E-state index >= 15 is 0 Å². The van der Waals surface area contributed by atoms with Crippen molar-refractivity contribution in [3.63, 3.8) is 0 Å². The van der Waals surface area contributed by atoms with Crippen LogP contribution in [0.1, 0.15) is 37.0 Å². The van der Waals surface area contributed by atoms with E-state index in [0.717, 1.165) is 34.0 Å². The summed E-state index contributed by atoms with van der Waals surface area (Å²) in [5.74, 6) is 10.1. The fourth-order valence-electron chi connectivity index (χ4n) is 3.99. The molecule has 0 radical (unpaired) electrons. The average Bonchev–Trinajstić information content (AvgIpc) is 2.98. The zero-order valence-corrected chi connectivity index (χ0v) is 23.5. The van der Waals surface area contributed by atoms with E-state index in [1.807, 2.05) is 59.9 Å². The smallest absolute Gasteiger partial charge is 0.140 e. The van der Waals surface area contributed by atoms with Crippen LogP contribution in [0, 0.1) is 24.1 Å². The Morgan fingerprint density at radius 1 is 0.737 bits per heavy atom. The average molecular weight is 539 g/mol. The lowest BCUT2D eigenvalue weighted by Crippen LogP contribution is -2.20. The molecular weight excluding hydrogens is 508 g/mol. The first-order valence-electron chi connectivity index (χ1n) is 12.4. The lowest BCUT2D eigenvalue weighted by Gasteiger charge is -2.34. The van der Waals surface area contributed by atoms with Crippen LogP contribution in [0.25, 0.3) is 5.57 Å². The Labute approximate surface area is 234 Å². The van der Waals surface area contributed by atoms with Crippen molar-refractivity contribution in [2.45, 2.75) is 24.3 Å². The third kappa shape index (κ3) is 7.01. The van der Waals surface area contributed by atoms with Crippen molar-refractivity contribution in [2.24, 2.45) is 0 Å². The van der Waals surface area contributed by atoms with Crippen molar-refractivity contribution < 1.29 is 14.2 Å². The zero-order chi connectivity index (χ0) is 26.6. The third-order valence-electron chi connectivity index (χ3n) is 5.87. The molecule has 0 spiro atoms. The van der Waals surface area contributed by atoms with Gasteiger partial charge in [-0.3, -0.25) is 0 Å². The Bertz CT molecular complexity index is 1310. The second-order valence-electron chi connectivity index (χ2n) is 8.34. The summed E-state index contributed by atoms with van der Waals surface area (Å²) in [6.07, 6.45) is 13.2. The van der Waals surface area contributed by atoms with Crippen molar-refractivity contribution in [2.75, 3.05) is 18.6 Å². The highest BCUT2D eigenvalue weighted by Crippen LogP contribution is 2.51. The van der Waals surface area contributed by atoms with Crippen LogP contribution in [0.2, 0.25) is 0 Å². The number of rotatable bonds is 8. The van der Waals surface area contributed by atoms with Crippen molar-refractivity contribution in [3.8, 4) is 41.3 Å². The Morgan fingerprint density at radius 3 is 1.71 bits per heavy atom. The highest BCUT2D eigenvalue weighted by Gasteiger charge is 2.33. The zero-order valence-electron chi connectivity index (χ0n) is 21.8. The molecule has 192 valence electrons. The van der Waals surface area contributed by atoms with Gasteiger partial charge in [0, 0.05) is 13.8 Å². The van der Waals surface area contributed by atoms with E-state index in [2.05, 4.69) is 78.7 Å². The van der Waals surface area contributed by atoms with Gasteiger partial charge in [-0.25, -0.2) is 0 Å². The molecule has 1 heterocycles. The van der Waals surface area contributed by atoms with E-state index in [1.54, 1.807) is 21.0 Å². The molecule has 3 aromatic carbocycles. The Kier molecular flexibility index (Phi) is 9.93. The summed E-state index contributed by atoms with van der Waals surface area (Å²) in [7, 11) is 1.70. The van der Waals surface area contributed by atoms with Crippen LogP contribution >= 0.6 is 23.5 Å². The standard InChI is InChI=1S/C33H30O3S2/c1-4-22-35-30-15-9-26(10-16-30)32(27-11-17-31(18-12-27)36-23-5-2)8-6-21-33(37-24-7-25-38-33)28-13-19-29(34-3)20-14-28/h6,8-21H,7,24-25H2,1-3H3. The number of methoxy groups -OCH3 is 1. The van der Waals surface area contributed by atoms with Gasteiger partial charge in [0.25, 0.3) is 0 Å². The van der Waals surface area contributed by atoms with E-state index in [0.29, 0.717) is 11.5 Å². The van der Waals surface area contributed by atoms with E-state index < -0.39 is 0 Å². The first kappa shape index (κ1) is 27.4. The maximum Gasteiger partial charge on any atom is 0.140 e. The Balaban J connectivity index is 1.70. The Hall–Kier alpha value is -3.64. The van der Waals surface area contributed by atoms with Gasteiger partial charge < -0.3 is 14.2 Å². The van der Waals surface area contributed by atoms with E-state index in [4.69, 9.17) is 14.2 Å². The fourth-order valence-corrected chi connectivity index (χ4v) is 7.14. The van der Waals surface area contributed by atoms with E-state index in [1.165, 1.54) is 12.0 Å². The predicted molar refractivity (Wildman–Crippen MR) is 161 cm³/mol. The highest BCUT2D eigenvalue weighted by atomic mass is 32.2. The second kappa shape index (κ2) is 13.8. The van der Waals surface area contributed by atoms with E-state index in [-0.39, 0.29) is 4.08 Å². The minimum Gasteiger partial charge on any atom is -0.497 e. The molecule has 0 bridgehead atoms. The number of allylic oxidation sites excluding steroid dienone is 2. The lowest BCUT2D eigenvalue weighted by atomic mass is 9.97. The maximum absolute atomic E-state index is 5.45. The summed E-state index contributed by atoms with van der Waals surface area (Å²) in [6, 6.07) is 24.4. The molecule has 38 heavy (non-hydrogen) atoms. The number of thioether (sulfide) groups is 2. The van der Waals surface area contributed by atoms with Crippen molar-refractivity contribution in [1.82, 2.24) is 0 Å². The second-order valence-corrected chi connectivity index (χ2v) is 11.3. The molecule has 1 aliphatic heterocycles. The van der Waals surface area contributed by atoms with Gasteiger partial charge >= 0.3 is 0 Å². The van der Waals surface area contributed by atoms with Gasteiger partial charge in [-0.15, -0.1) is 23.5 Å². The summed E-state index contributed by atoms with van der Waals surface area (Å²) in [6.45, 7) is 3.51. The molecule has 1 fully saturated rings. The fraction of sp³-hybridized carbons (Fsp3) is 0.212. The highest BCUT2D eigenvalue weighted by molar-refractivity contribution is 8.18. The SMILES string of the molecule is CC#COc1ccc(C(=CC=CC2(c3ccc(OC)cc3)SCCCS2)c2ccc(OC#CC)cc2)cc1. The lowest BCUT2D eigenvalue weighted by molar-refractivity contribution is 0.414. The van der Waals surface area contributed by atoms with Crippen LogP contribution in [0.5, 0.6) is 17.2 Å². The summed E-state index contributed by atoms with van der Waals surface area (Å²) in [5, 5.41) is 0. The van der Waals surface area contributed by atoms with Crippen molar-refractivity contribution >= 4 is 29.1 Å². The summed E-state index contributed by atoms with van der Waals surface area (Å²) in [5.41, 5.74) is 4.53. The molecule has 3 nitrogen and oxygen atoms in total. The number of hydrogen-bond donors (Lipinski definition) is 0. The molecule has 0 amide bonds. The molecule has 5 heteroatoms. The minimum atomic E-state index is -0.140. The third-order valence-corrected chi connectivity index (χ3v) is 9.16. The van der Waals surface area contributed by atoms with Crippen LogP contribution in [-0.4, -0.2) is 18.6 Å². The van der Waals surface area contributed by atoms with Gasteiger partial charge in [0.1, 0.15) is 33.5 Å². The molecule has 3 aromatic rings. The van der Waals surface area contributed by atoms with Crippen molar-refractivity contribution in [1.29, 1.82) is 0 Å². The van der Waals surface area contributed by atoms with Gasteiger partial charge in [0.05, 0.1) is 7.11 Å². The number of benzene rings is 3. The normalized spacial score (nSPS) is 13.9. The minimum absolute atomic E-state index is 0.140. The first-order valence-corrected chi connectivity index (χ1v) is 14.3. The molecule has 0 aliphatic carbocycles. The first-order chi connectivity index (χ1) is 18.7. The molecule has 0 N–H and O–H groups in total. The maximum atomic E-state index is 5.45. The van der Waals surface area contributed by atoms with E-state index in [9.17, 15) is 0 Å². The topological polar surface area (TPSA) is 27.7 Å². The predicted octanol–water partition coefficient (Wildman–Crippen LogP) is 8.13. The molecule has 0 atom stereocenters. The molecule has 1 aliphatic rings.